The maximum atomic E-state index is 13.1. The third kappa shape index (κ3) is 4.11. The van der Waals surface area contributed by atoms with Crippen LogP contribution in [0.25, 0.3) is 0 Å². The zero-order valence-electron chi connectivity index (χ0n) is 14.4. The van der Waals surface area contributed by atoms with Gasteiger partial charge in [0.15, 0.2) is 0 Å². The molecule has 0 saturated carbocycles. The van der Waals surface area contributed by atoms with Crippen molar-refractivity contribution in [1.29, 1.82) is 0 Å². The summed E-state index contributed by atoms with van der Waals surface area (Å²) in [5, 5.41) is 9.52. The van der Waals surface area contributed by atoms with E-state index in [9.17, 15) is 13.5 Å². The lowest BCUT2D eigenvalue weighted by Crippen LogP contribution is -2.49. The predicted octanol–water partition coefficient (Wildman–Crippen LogP) is 1.78. The quantitative estimate of drug-likeness (QED) is 0.803. The zero-order chi connectivity index (χ0) is 18.1. The van der Waals surface area contributed by atoms with Crippen LogP contribution in [0, 0.1) is 5.92 Å². The largest absolute Gasteiger partial charge is 0.487 e. The lowest BCUT2D eigenvalue weighted by Gasteiger charge is -2.37. The Morgan fingerprint density at radius 3 is 2.71 bits per heavy atom. The third-order valence-electron chi connectivity index (χ3n) is 4.17. The molecule has 1 aromatic rings. The van der Waals surface area contributed by atoms with Gasteiger partial charge in [0.25, 0.3) is 0 Å². The summed E-state index contributed by atoms with van der Waals surface area (Å²) in [6.07, 6.45) is -0.156. The first kappa shape index (κ1) is 19.7. The number of halogens is 1. The number of ether oxygens (including phenoxy) is 1. The SMILES string of the molecule is C[C@@H]1CN([C@@H](C)CO)S(=O)(=O)c2ccc(Br)cc2O[C@H]1CN(C)C. The van der Waals surface area contributed by atoms with Crippen LogP contribution in [0.5, 0.6) is 5.75 Å². The van der Waals surface area contributed by atoms with Gasteiger partial charge in [0.05, 0.1) is 6.61 Å². The Balaban J connectivity index is 2.57. The minimum absolute atomic E-state index is 0.0247. The Labute approximate surface area is 152 Å². The standard InChI is InChI=1S/C16H25BrN2O4S/c1-11-8-19(12(2)10-20)24(21,22)16-6-5-13(17)7-14(16)23-15(11)9-18(3)4/h5-7,11-12,15,20H,8-10H2,1-4H3/t11-,12+,15+/m1/s1. The lowest BCUT2D eigenvalue weighted by molar-refractivity contribution is 0.0812. The molecular formula is C16H25BrN2O4S. The van der Waals surface area contributed by atoms with Crippen LogP contribution in [0.15, 0.2) is 27.6 Å². The van der Waals surface area contributed by atoms with Gasteiger partial charge in [-0.3, -0.25) is 0 Å². The number of rotatable bonds is 4. The minimum Gasteiger partial charge on any atom is -0.487 e. The summed E-state index contributed by atoms with van der Waals surface area (Å²) >= 11 is 3.38. The van der Waals surface area contributed by atoms with Crippen molar-refractivity contribution < 1.29 is 18.3 Å². The van der Waals surface area contributed by atoms with Gasteiger partial charge in [-0.25, -0.2) is 8.42 Å². The highest BCUT2D eigenvalue weighted by Gasteiger charge is 2.37. The van der Waals surface area contributed by atoms with Crippen molar-refractivity contribution in [2.24, 2.45) is 5.92 Å². The van der Waals surface area contributed by atoms with E-state index >= 15 is 0 Å². The Morgan fingerprint density at radius 2 is 2.12 bits per heavy atom. The third-order valence-corrected chi connectivity index (χ3v) is 6.69. The van der Waals surface area contributed by atoms with Gasteiger partial charge < -0.3 is 14.7 Å². The van der Waals surface area contributed by atoms with Gasteiger partial charge in [-0.15, -0.1) is 0 Å². The van der Waals surface area contributed by atoms with Gasteiger partial charge in [-0.05, 0) is 39.2 Å². The second kappa shape index (κ2) is 7.70. The summed E-state index contributed by atoms with van der Waals surface area (Å²) in [6, 6.07) is 4.43. The first-order chi connectivity index (χ1) is 11.2. The first-order valence-corrected chi connectivity index (χ1v) is 10.1. The molecule has 0 aromatic heterocycles. The van der Waals surface area contributed by atoms with Crippen molar-refractivity contribution in [2.45, 2.75) is 30.9 Å². The summed E-state index contributed by atoms with van der Waals surface area (Å²) in [5.41, 5.74) is 0. The van der Waals surface area contributed by atoms with Gasteiger partial charge in [0.2, 0.25) is 10.0 Å². The van der Waals surface area contributed by atoms with Gasteiger partial charge in [0.1, 0.15) is 16.7 Å². The normalized spacial score (nSPS) is 25.5. The molecule has 0 aliphatic carbocycles. The second-order valence-corrected chi connectivity index (χ2v) is 9.37. The molecule has 0 fully saturated rings. The molecule has 0 radical (unpaired) electrons. The van der Waals surface area contributed by atoms with Crippen LogP contribution < -0.4 is 4.74 Å². The summed E-state index contributed by atoms with van der Waals surface area (Å²) in [6.45, 7) is 4.44. The number of aliphatic hydroxyl groups is 1. The molecule has 0 amide bonds. The van der Waals surface area contributed by atoms with Crippen LogP contribution in [0.2, 0.25) is 0 Å². The molecule has 1 aromatic carbocycles. The Bertz CT molecular complexity index is 681. The lowest BCUT2D eigenvalue weighted by atomic mass is 10.0. The Morgan fingerprint density at radius 1 is 1.46 bits per heavy atom. The monoisotopic (exact) mass is 420 g/mol. The number of benzene rings is 1. The second-order valence-electron chi connectivity index (χ2n) is 6.59. The van der Waals surface area contributed by atoms with E-state index in [0.29, 0.717) is 18.8 Å². The molecular weight excluding hydrogens is 396 g/mol. The van der Waals surface area contributed by atoms with Crippen LogP contribution in [0.3, 0.4) is 0 Å². The number of nitrogens with zero attached hydrogens (tertiary/aromatic N) is 2. The van der Waals surface area contributed by atoms with E-state index in [1.54, 1.807) is 25.1 Å². The van der Waals surface area contributed by atoms with Crippen molar-refractivity contribution >= 4 is 26.0 Å². The average Bonchev–Trinajstić information content (AvgIpc) is 2.49. The highest BCUT2D eigenvalue weighted by molar-refractivity contribution is 9.10. The van der Waals surface area contributed by atoms with Gasteiger partial charge in [0, 0.05) is 29.5 Å². The number of aliphatic hydroxyl groups excluding tert-OH is 1. The van der Waals surface area contributed by atoms with Crippen molar-refractivity contribution in [3.05, 3.63) is 22.7 Å². The zero-order valence-corrected chi connectivity index (χ0v) is 16.8. The highest BCUT2D eigenvalue weighted by atomic mass is 79.9. The highest BCUT2D eigenvalue weighted by Crippen LogP contribution is 2.35. The fourth-order valence-corrected chi connectivity index (χ4v) is 4.94. The average molecular weight is 421 g/mol. The van der Waals surface area contributed by atoms with Crippen molar-refractivity contribution in [3.63, 3.8) is 0 Å². The van der Waals surface area contributed by atoms with E-state index in [0.717, 1.165) is 4.47 Å². The van der Waals surface area contributed by atoms with Gasteiger partial charge in [-0.1, -0.05) is 22.9 Å². The van der Waals surface area contributed by atoms with Gasteiger partial charge in [-0.2, -0.15) is 4.31 Å². The molecule has 3 atom stereocenters. The minimum atomic E-state index is -3.74. The number of fused-ring (bicyclic) bond motifs is 1. The molecule has 0 spiro atoms. The van der Waals surface area contributed by atoms with E-state index in [4.69, 9.17) is 4.74 Å². The first-order valence-electron chi connectivity index (χ1n) is 7.90. The smallest absolute Gasteiger partial charge is 0.247 e. The molecule has 1 aliphatic heterocycles. The summed E-state index contributed by atoms with van der Waals surface area (Å²) in [7, 11) is 0.178. The van der Waals surface area contributed by atoms with Crippen molar-refractivity contribution in [2.75, 3.05) is 33.8 Å². The van der Waals surface area contributed by atoms with Crippen LogP contribution in [0.1, 0.15) is 13.8 Å². The molecule has 24 heavy (non-hydrogen) atoms. The van der Waals surface area contributed by atoms with E-state index < -0.39 is 16.1 Å². The summed E-state index contributed by atoms with van der Waals surface area (Å²) < 4.78 is 34.4. The molecule has 1 heterocycles. The number of hydrogen-bond donors (Lipinski definition) is 1. The molecule has 6 nitrogen and oxygen atoms in total. The predicted molar refractivity (Wildman–Crippen MR) is 96.7 cm³/mol. The van der Waals surface area contributed by atoms with Crippen LogP contribution in [-0.2, 0) is 10.0 Å². The fraction of sp³-hybridized carbons (Fsp3) is 0.625. The Hall–Kier alpha value is -0.670. The molecule has 0 bridgehead atoms. The van der Waals surface area contributed by atoms with Crippen LogP contribution in [-0.4, -0.2) is 68.7 Å². The van der Waals surface area contributed by atoms with Crippen LogP contribution in [0.4, 0.5) is 0 Å². The fourth-order valence-electron chi connectivity index (χ4n) is 2.78. The molecule has 8 heteroatoms. The summed E-state index contributed by atoms with van der Waals surface area (Å²) in [4.78, 5) is 2.16. The summed E-state index contributed by atoms with van der Waals surface area (Å²) in [5.74, 6) is 0.321. The maximum Gasteiger partial charge on any atom is 0.247 e. The number of likely N-dealkylation sites (N-methyl/N-ethyl adjacent to an activating group) is 1. The van der Waals surface area contributed by atoms with E-state index in [-0.39, 0.29) is 23.5 Å². The van der Waals surface area contributed by atoms with Crippen LogP contribution >= 0.6 is 15.9 Å². The van der Waals surface area contributed by atoms with E-state index in [1.807, 2.05) is 25.9 Å². The molecule has 0 saturated heterocycles. The topological polar surface area (TPSA) is 70.1 Å². The Kier molecular flexibility index (Phi) is 6.30. The van der Waals surface area contributed by atoms with E-state index in [1.165, 1.54) is 4.31 Å². The number of hydrogen-bond acceptors (Lipinski definition) is 5. The molecule has 1 aliphatic rings. The molecule has 0 unspecified atom stereocenters. The van der Waals surface area contributed by atoms with Gasteiger partial charge >= 0.3 is 0 Å². The molecule has 1 N–H and O–H groups in total. The maximum absolute atomic E-state index is 13.1. The number of sulfonamides is 1. The molecule has 2 rings (SSSR count). The van der Waals surface area contributed by atoms with Crippen molar-refractivity contribution in [3.8, 4) is 5.75 Å². The van der Waals surface area contributed by atoms with E-state index in [2.05, 4.69) is 15.9 Å². The molecule has 136 valence electrons. The van der Waals surface area contributed by atoms with Crippen molar-refractivity contribution in [1.82, 2.24) is 9.21 Å².